The second-order valence-electron chi connectivity index (χ2n) is 4.78. The number of hydrogen-bond donors (Lipinski definition) is 1. The van der Waals surface area contributed by atoms with E-state index in [4.69, 9.17) is 4.74 Å². The van der Waals surface area contributed by atoms with Crippen molar-refractivity contribution in [2.75, 3.05) is 12.4 Å². The van der Waals surface area contributed by atoms with Crippen LogP contribution in [0.3, 0.4) is 0 Å². The van der Waals surface area contributed by atoms with E-state index in [0.717, 1.165) is 10.2 Å². The van der Waals surface area contributed by atoms with Gasteiger partial charge in [-0.1, -0.05) is 0 Å². The summed E-state index contributed by atoms with van der Waals surface area (Å²) in [5.41, 5.74) is 1.10. The molecule has 1 N–H and O–H groups in total. The molecular formula is C14H15BrN4O4. The van der Waals surface area contributed by atoms with Gasteiger partial charge < -0.3 is 10.1 Å². The van der Waals surface area contributed by atoms with Gasteiger partial charge in [-0.15, -0.1) is 0 Å². The summed E-state index contributed by atoms with van der Waals surface area (Å²) in [7, 11) is 1.41. The molecule has 0 aliphatic rings. The van der Waals surface area contributed by atoms with Crippen molar-refractivity contribution in [1.82, 2.24) is 9.78 Å². The number of ether oxygens (including phenoxy) is 1. The van der Waals surface area contributed by atoms with E-state index in [1.165, 1.54) is 25.3 Å². The Hall–Kier alpha value is -2.42. The molecule has 0 saturated carbocycles. The van der Waals surface area contributed by atoms with E-state index in [1.54, 1.807) is 10.9 Å². The van der Waals surface area contributed by atoms with Crippen molar-refractivity contribution in [2.24, 2.45) is 0 Å². The van der Waals surface area contributed by atoms with E-state index in [0.29, 0.717) is 18.0 Å². The monoisotopic (exact) mass is 382 g/mol. The number of non-ortho nitro benzene ring substituents is 1. The van der Waals surface area contributed by atoms with E-state index in [2.05, 4.69) is 26.3 Å². The maximum atomic E-state index is 12.0. The molecule has 1 aromatic carbocycles. The molecule has 0 saturated heterocycles. The van der Waals surface area contributed by atoms with Gasteiger partial charge in [0.1, 0.15) is 5.75 Å². The summed E-state index contributed by atoms with van der Waals surface area (Å²) in [5.74, 6) is 0.0416. The van der Waals surface area contributed by atoms with E-state index in [-0.39, 0.29) is 18.0 Å². The number of methoxy groups -OCH3 is 1. The lowest BCUT2D eigenvalue weighted by atomic mass is 10.2. The summed E-state index contributed by atoms with van der Waals surface area (Å²) in [6.07, 6.45) is 1.86. The van der Waals surface area contributed by atoms with Crippen LogP contribution < -0.4 is 10.1 Å². The summed E-state index contributed by atoms with van der Waals surface area (Å²) >= 11 is 3.35. The third-order valence-corrected chi connectivity index (χ3v) is 3.99. The van der Waals surface area contributed by atoms with Gasteiger partial charge in [0, 0.05) is 24.2 Å². The van der Waals surface area contributed by atoms with Crippen molar-refractivity contribution in [3.8, 4) is 5.75 Å². The highest BCUT2D eigenvalue weighted by Gasteiger charge is 2.12. The highest BCUT2D eigenvalue weighted by Crippen LogP contribution is 2.25. The number of aromatic nitrogens is 2. The Morgan fingerprint density at radius 2 is 2.22 bits per heavy atom. The number of aryl methyl sites for hydroxylation is 1. The first-order valence-electron chi connectivity index (χ1n) is 6.72. The van der Waals surface area contributed by atoms with Crippen LogP contribution >= 0.6 is 15.9 Å². The number of anilines is 1. The third-order valence-electron chi connectivity index (χ3n) is 3.22. The van der Waals surface area contributed by atoms with Crippen LogP contribution in [0.2, 0.25) is 0 Å². The maximum absolute atomic E-state index is 12.0. The van der Waals surface area contributed by atoms with Crippen LogP contribution in [-0.2, 0) is 11.3 Å². The Balaban J connectivity index is 2.03. The van der Waals surface area contributed by atoms with Gasteiger partial charge in [-0.3, -0.25) is 19.6 Å². The van der Waals surface area contributed by atoms with Crippen LogP contribution in [0.15, 0.2) is 28.9 Å². The second kappa shape index (κ2) is 7.23. The van der Waals surface area contributed by atoms with E-state index < -0.39 is 4.92 Å². The zero-order chi connectivity index (χ0) is 17.0. The maximum Gasteiger partial charge on any atom is 0.275 e. The number of rotatable bonds is 6. The molecule has 122 valence electrons. The summed E-state index contributed by atoms with van der Waals surface area (Å²) in [4.78, 5) is 22.4. The van der Waals surface area contributed by atoms with Gasteiger partial charge in [0.15, 0.2) is 0 Å². The smallest absolute Gasteiger partial charge is 0.275 e. The third kappa shape index (κ3) is 4.28. The summed E-state index contributed by atoms with van der Waals surface area (Å²) < 4.78 is 7.58. The Kier molecular flexibility index (Phi) is 5.32. The number of nitro benzene ring substituents is 1. The fourth-order valence-electron chi connectivity index (χ4n) is 1.96. The number of halogens is 1. The minimum Gasteiger partial charge on any atom is -0.496 e. The normalized spacial score (nSPS) is 10.4. The van der Waals surface area contributed by atoms with Crippen molar-refractivity contribution in [3.63, 3.8) is 0 Å². The van der Waals surface area contributed by atoms with Crippen LogP contribution in [0.4, 0.5) is 11.4 Å². The molecule has 0 aliphatic carbocycles. The van der Waals surface area contributed by atoms with Crippen molar-refractivity contribution in [1.29, 1.82) is 0 Å². The summed E-state index contributed by atoms with van der Waals surface area (Å²) in [6.45, 7) is 2.30. The van der Waals surface area contributed by atoms with Gasteiger partial charge >= 0.3 is 0 Å². The predicted molar refractivity (Wildman–Crippen MR) is 87.6 cm³/mol. The zero-order valence-corrected chi connectivity index (χ0v) is 14.2. The Morgan fingerprint density at radius 1 is 1.48 bits per heavy atom. The minimum absolute atomic E-state index is 0.147. The summed E-state index contributed by atoms with van der Waals surface area (Å²) in [6, 6.07) is 4.11. The fourth-order valence-corrected chi connectivity index (χ4v) is 2.26. The van der Waals surface area contributed by atoms with Crippen molar-refractivity contribution in [3.05, 3.63) is 44.7 Å². The molecule has 8 nitrogen and oxygen atoms in total. The Labute approximate surface area is 140 Å². The first kappa shape index (κ1) is 16.9. The van der Waals surface area contributed by atoms with Crippen molar-refractivity contribution in [2.45, 2.75) is 19.9 Å². The first-order valence-corrected chi connectivity index (χ1v) is 7.51. The highest BCUT2D eigenvalue weighted by atomic mass is 79.9. The van der Waals surface area contributed by atoms with Gasteiger partial charge in [-0.25, -0.2) is 0 Å². The lowest BCUT2D eigenvalue weighted by molar-refractivity contribution is -0.384. The molecule has 1 heterocycles. The highest BCUT2D eigenvalue weighted by molar-refractivity contribution is 9.10. The standard InChI is InChI=1S/C14H15BrN4O4/c1-9-13(15)8-16-18(9)4-3-14(20)17-10-5-11(19(21)22)7-12(6-10)23-2/h5-8H,3-4H2,1-2H3,(H,17,20). The fraction of sp³-hybridized carbons (Fsp3) is 0.286. The Morgan fingerprint density at radius 3 is 2.78 bits per heavy atom. The molecule has 0 unspecified atom stereocenters. The number of carbonyl (C=O) groups excluding carboxylic acids is 1. The minimum atomic E-state index is -0.539. The van der Waals surface area contributed by atoms with Crippen LogP contribution in [0, 0.1) is 17.0 Å². The molecule has 9 heteroatoms. The quantitative estimate of drug-likeness (QED) is 0.611. The molecule has 0 radical (unpaired) electrons. The first-order chi connectivity index (χ1) is 10.9. The molecule has 0 atom stereocenters. The number of nitrogens with one attached hydrogen (secondary N) is 1. The van der Waals surface area contributed by atoms with Crippen molar-refractivity contribution >= 4 is 33.2 Å². The van der Waals surface area contributed by atoms with Gasteiger partial charge in [0.05, 0.1) is 41.0 Å². The van der Waals surface area contributed by atoms with Crippen LogP contribution in [-0.4, -0.2) is 27.7 Å². The molecule has 1 amide bonds. The van der Waals surface area contributed by atoms with Gasteiger partial charge in [0.25, 0.3) is 5.69 Å². The van der Waals surface area contributed by atoms with E-state index in [1.807, 2.05) is 6.92 Å². The lowest BCUT2D eigenvalue weighted by Crippen LogP contribution is -2.15. The largest absolute Gasteiger partial charge is 0.496 e. The Bertz CT molecular complexity index is 744. The number of nitro groups is 1. The van der Waals surface area contributed by atoms with Gasteiger partial charge in [-0.2, -0.15) is 5.10 Å². The number of hydrogen-bond acceptors (Lipinski definition) is 5. The zero-order valence-electron chi connectivity index (χ0n) is 12.6. The van der Waals surface area contributed by atoms with E-state index >= 15 is 0 Å². The molecule has 0 fully saturated rings. The lowest BCUT2D eigenvalue weighted by Gasteiger charge is -2.08. The molecule has 1 aromatic heterocycles. The average Bonchev–Trinajstić information content (AvgIpc) is 2.84. The average molecular weight is 383 g/mol. The van der Waals surface area contributed by atoms with Crippen LogP contribution in [0.1, 0.15) is 12.1 Å². The van der Waals surface area contributed by atoms with Crippen molar-refractivity contribution < 1.29 is 14.5 Å². The molecule has 0 aliphatic heterocycles. The SMILES string of the molecule is COc1cc(NC(=O)CCn2ncc(Br)c2C)cc([N+](=O)[O-])c1. The van der Waals surface area contributed by atoms with E-state index in [9.17, 15) is 14.9 Å². The second-order valence-corrected chi connectivity index (χ2v) is 5.63. The molecular weight excluding hydrogens is 368 g/mol. The molecule has 0 spiro atoms. The van der Waals surface area contributed by atoms with Gasteiger partial charge in [-0.05, 0) is 22.9 Å². The van der Waals surface area contributed by atoms with Gasteiger partial charge in [0.2, 0.25) is 5.91 Å². The molecule has 2 aromatic rings. The molecule has 2 rings (SSSR count). The number of amides is 1. The molecule has 23 heavy (non-hydrogen) atoms. The summed E-state index contributed by atoms with van der Waals surface area (Å²) in [5, 5.41) is 17.7. The van der Waals surface area contributed by atoms with Crippen LogP contribution in [0.5, 0.6) is 5.75 Å². The number of benzene rings is 1. The number of nitrogens with zero attached hydrogens (tertiary/aromatic N) is 3. The molecule has 0 bridgehead atoms. The topological polar surface area (TPSA) is 99.3 Å². The predicted octanol–water partition coefficient (Wildman–Crippen LogP) is 2.90. The number of carbonyl (C=O) groups is 1. The van der Waals surface area contributed by atoms with Crippen LogP contribution in [0.25, 0.3) is 0 Å².